The molecular formula is C9H15FO. The van der Waals surface area contributed by atoms with E-state index in [-0.39, 0.29) is 6.42 Å². The van der Waals surface area contributed by atoms with Crippen LogP contribution in [0.25, 0.3) is 0 Å². The Balaban J connectivity index is 3.80. The lowest BCUT2D eigenvalue weighted by Crippen LogP contribution is -2.30. The molecule has 0 amide bonds. The second-order valence-corrected chi connectivity index (χ2v) is 2.84. The van der Waals surface area contributed by atoms with Crippen molar-refractivity contribution in [2.24, 2.45) is 0 Å². The first-order valence-electron chi connectivity index (χ1n) is 3.90. The summed E-state index contributed by atoms with van der Waals surface area (Å²) in [7, 11) is 0. The fraction of sp³-hybridized carbons (Fsp3) is 0.778. The van der Waals surface area contributed by atoms with Crippen LogP contribution < -0.4 is 0 Å². The van der Waals surface area contributed by atoms with Crippen LogP contribution in [0.5, 0.6) is 0 Å². The fourth-order valence-electron chi connectivity index (χ4n) is 0.898. The van der Waals surface area contributed by atoms with Crippen LogP contribution in [-0.2, 0) is 0 Å². The third-order valence-corrected chi connectivity index (χ3v) is 1.68. The van der Waals surface area contributed by atoms with Gasteiger partial charge in [-0.3, -0.25) is 0 Å². The standard InChI is InChI=1S/C9H15FO/c1-3-5-7-9(11,8-10)6-4-2/h2,11H,3,5-8H2,1H3. The van der Waals surface area contributed by atoms with Gasteiger partial charge in [-0.15, -0.1) is 12.3 Å². The van der Waals surface area contributed by atoms with Gasteiger partial charge < -0.3 is 5.11 Å². The van der Waals surface area contributed by atoms with Crippen LogP contribution in [-0.4, -0.2) is 17.4 Å². The number of alkyl halides is 1. The number of rotatable bonds is 5. The van der Waals surface area contributed by atoms with Crippen LogP contribution in [0.15, 0.2) is 0 Å². The maximum absolute atomic E-state index is 12.2. The Labute approximate surface area is 67.6 Å². The Bertz CT molecular complexity index is 139. The van der Waals surface area contributed by atoms with Crippen molar-refractivity contribution in [2.75, 3.05) is 6.67 Å². The zero-order chi connectivity index (χ0) is 8.74. The molecule has 1 N–H and O–H groups in total. The summed E-state index contributed by atoms with van der Waals surface area (Å²) in [5.74, 6) is 2.28. The van der Waals surface area contributed by atoms with E-state index in [0.29, 0.717) is 6.42 Å². The highest BCUT2D eigenvalue weighted by atomic mass is 19.1. The first kappa shape index (κ1) is 10.4. The second kappa shape index (κ2) is 5.15. The van der Waals surface area contributed by atoms with Crippen LogP contribution in [0.2, 0.25) is 0 Å². The predicted octanol–water partition coefficient (Wildman–Crippen LogP) is 1.90. The van der Waals surface area contributed by atoms with Crippen molar-refractivity contribution in [3.63, 3.8) is 0 Å². The van der Waals surface area contributed by atoms with E-state index < -0.39 is 12.3 Å². The average Bonchev–Trinajstić information content (AvgIpc) is 2.02. The zero-order valence-corrected chi connectivity index (χ0v) is 6.94. The highest BCUT2D eigenvalue weighted by Gasteiger charge is 2.24. The molecule has 1 nitrogen and oxygen atoms in total. The largest absolute Gasteiger partial charge is 0.386 e. The molecule has 0 saturated heterocycles. The Morgan fingerprint density at radius 2 is 2.27 bits per heavy atom. The van der Waals surface area contributed by atoms with Gasteiger partial charge in [-0.1, -0.05) is 19.8 Å². The molecule has 2 heteroatoms. The van der Waals surface area contributed by atoms with Gasteiger partial charge in [-0.05, 0) is 6.42 Å². The summed E-state index contributed by atoms with van der Waals surface area (Å²) in [6, 6.07) is 0. The van der Waals surface area contributed by atoms with Crippen molar-refractivity contribution in [1.29, 1.82) is 0 Å². The number of hydrogen-bond acceptors (Lipinski definition) is 1. The van der Waals surface area contributed by atoms with Gasteiger partial charge in [-0.25, -0.2) is 4.39 Å². The van der Waals surface area contributed by atoms with Gasteiger partial charge in [0.2, 0.25) is 0 Å². The molecule has 1 unspecified atom stereocenters. The van der Waals surface area contributed by atoms with E-state index in [1.54, 1.807) is 0 Å². The molecular weight excluding hydrogens is 143 g/mol. The highest BCUT2D eigenvalue weighted by molar-refractivity contribution is 4.94. The molecule has 0 bridgehead atoms. The van der Waals surface area contributed by atoms with E-state index in [2.05, 4.69) is 5.92 Å². The number of halogens is 1. The molecule has 0 fully saturated rings. The summed E-state index contributed by atoms with van der Waals surface area (Å²) < 4.78 is 12.2. The number of unbranched alkanes of at least 4 members (excludes halogenated alkanes) is 1. The van der Waals surface area contributed by atoms with Crippen molar-refractivity contribution in [2.45, 2.75) is 38.2 Å². The molecule has 0 rings (SSSR count). The molecule has 0 aliphatic carbocycles. The third kappa shape index (κ3) is 4.00. The van der Waals surface area contributed by atoms with Crippen molar-refractivity contribution in [1.82, 2.24) is 0 Å². The molecule has 0 saturated carbocycles. The topological polar surface area (TPSA) is 20.2 Å². The van der Waals surface area contributed by atoms with Gasteiger partial charge in [0.05, 0.1) is 0 Å². The predicted molar refractivity (Wildman–Crippen MR) is 43.9 cm³/mol. The Kier molecular flexibility index (Phi) is 4.89. The van der Waals surface area contributed by atoms with Crippen molar-refractivity contribution in [3.05, 3.63) is 0 Å². The Hall–Kier alpha value is -0.550. The fourth-order valence-corrected chi connectivity index (χ4v) is 0.898. The molecule has 0 aliphatic rings. The first-order chi connectivity index (χ1) is 5.18. The lowest BCUT2D eigenvalue weighted by molar-refractivity contribution is 0.0102. The normalized spacial score (nSPS) is 15.5. The molecule has 0 aromatic rings. The second-order valence-electron chi connectivity index (χ2n) is 2.84. The van der Waals surface area contributed by atoms with Gasteiger partial charge >= 0.3 is 0 Å². The van der Waals surface area contributed by atoms with Gasteiger partial charge in [0.25, 0.3) is 0 Å². The number of terminal acetylenes is 1. The maximum atomic E-state index is 12.2. The van der Waals surface area contributed by atoms with Crippen molar-refractivity contribution in [3.8, 4) is 12.3 Å². The summed E-state index contributed by atoms with van der Waals surface area (Å²) >= 11 is 0. The molecule has 0 aromatic heterocycles. The van der Waals surface area contributed by atoms with Crippen LogP contribution in [0.1, 0.15) is 32.6 Å². The summed E-state index contributed by atoms with van der Waals surface area (Å²) in [5, 5.41) is 9.43. The number of aliphatic hydroxyl groups is 1. The minimum absolute atomic E-state index is 0.115. The lowest BCUT2D eigenvalue weighted by atomic mass is 9.95. The van der Waals surface area contributed by atoms with Crippen molar-refractivity contribution < 1.29 is 9.50 Å². The molecule has 1 atom stereocenters. The van der Waals surface area contributed by atoms with Crippen LogP contribution in [0.4, 0.5) is 4.39 Å². The minimum atomic E-state index is -1.26. The maximum Gasteiger partial charge on any atom is 0.119 e. The minimum Gasteiger partial charge on any atom is -0.386 e. The number of hydrogen-bond donors (Lipinski definition) is 1. The van der Waals surface area contributed by atoms with E-state index in [9.17, 15) is 9.50 Å². The summed E-state index contributed by atoms with van der Waals surface area (Å²) in [6.45, 7) is 1.26. The van der Waals surface area contributed by atoms with Gasteiger partial charge in [0, 0.05) is 6.42 Å². The molecule has 0 aliphatic heterocycles. The molecule has 0 heterocycles. The smallest absolute Gasteiger partial charge is 0.119 e. The summed E-state index contributed by atoms with van der Waals surface area (Å²) in [4.78, 5) is 0. The van der Waals surface area contributed by atoms with Crippen molar-refractivity contribution >= 4 is 0 Å². The van der Waals surface area contributed by atoms with E-state index in [0.717, 1.165) is 12.8 Å². The molecule has 0 radical (unpaired) electrons. The molecule has 0 spiro atoms. The third-order valence-electron chi connectivity index (χ3n) is 1.68. The molecule has 64 valence electrons. The monoisotopic (exact) mass is 158 g/mol. The van der Waals surface area contributed by atoms with Crippen LogP contribution in [0, 0.1) is 12.3 Å². The molecule has 11 heavy (non-hydrogen) atoms. The SMILES string of the molecule is C#CCC(O)(CF)CCCC. The van der Waals surface area contributed by atoms with E-state index >= 15 is 0 Å². The quantitative estimate of drug-likeness (QED) is 0.606. The van der Waals surface area contributed by atoms with Crippen LogP contribution in [0.3, 0.4) is 0 Å². The lowest BCUT2D eigenvalue weighted by Gasteiger charge is -2.21. The Morgan fingerprint density at radius 3 is 2.64 bits per heavy atom. The average molecular weight is 158 g/mol. The first-order valence-corrected chi connectivity index (χ1v) is 3.90. The van der Waals surface area contributed by atoms with Gasteiger partial charge in [-0.2, -0.15) is 0 Å². The van der Waals surface area contributed by atoms with E-state index in [1.807, 2.05) is 6.92 Å². The molecule has 0 aromatic carbocycles. The van der Waals surface area contributed by atoms with E-state index in [1.165, 1.54) is 0 Å². The highest BCUT2D eigenvalue weighted by Crippen LogP contribution is 2.18. The van der Waals surface area contributed by atoms with Crippen LogP contribution >= 0.6 is 0 Å². The summed E-state index contributed by atoms with van der Waals surface area (Å²) in [6.07, 6.45) is 7.34. The van der Waals surface area contributed by atoms with Gasteiger partial charge in [0.15, 0.2) is 0 Å². The summed E-state index contributed by atoms with van der Waals surface area (Å²) in [5.41, 5.74) is -1.26. The van der Waals surface area contributed by atoms with E-state index in [4.69, 9.17) is 6.42 Å². The van der Waals surface area contributed by atoms with Gasteiger partial charge in [0.1, 0.15) is 12.3 Å². The Morgan fingerprint density at radius 1 is 1.64 bits per heavy atom. The zero-order valence-electron chi connectivity index (χ0n) is 6.94.